The maximum atomic E-state index is 12.6. The summed E-state index contributed by atoms with van der Waals surface area (Å²) in [6, 6.07) is 0.0676. The molecule has 0 bridgehead atoms. The summed E-state index contributed by atoms with van der Waals surface area (Å²) >= 11 is 0. The Kier molecular flexibility index (Phi) is 15.0. The molecule has 216 valence electrons. The maximum Gasteiger partial charge on any atom is 0.253 e. The molecule has 2 aliphatic heterocycles. The Morgan fingerprint density at radius 1 is 0.590 bits per heavy atom. The number of nitrogens with one attached hydrogen (secondary N) is 1. The zero-order valence-electron chi connectivity index (χ0n) is 23.5. The highest BCUT2D eigenvalue weighted by molar-refractivity contribution is 6.13. The molecule has 0 aliphatic carbocycles. The zero-order valence-corrected chi connectivity index (χ0v) is 23.5. The van der Waals surface area contributed by atoms with Crippen molar-refractivity contribution in [2.24, 2.45) is 0 Å². The van der Waals surface area contributed by atoms with Crippen LogP contribution < -0.4 is 5.32 Å². The molecule has 0 saturated heterocycles. The predicted octanol–water partition coefficient (Wildman–Crippen LogP) is 4.15. The topological polar surface area (TPSA) is 121 Å². The van der Waals surface area contributed by atoms with Gasteiger partial charge in [-0.3, -0.25) is 33.8 Å². The molecule has 0 saturated carbocycles. The molecule has 0 fully saturated rings. The van der Waals surface area contributed by atoms with Gasteiger partial charge >= 0.3 is 0 Å². The fraction of sp³-hybridized carbons (Fsp3) is 0.667. The van der Waals surface area contributed by atoms with Crippen molar-refractivity contribution < 1.29 is 28.8 Å². The van der Waals surface area contributed by atoms with Gasteiger partial charge in [0.25, 0.3) is 23.6 Å². The first-order valence-electron chi connectivity index (χ1n) is 14.6. The SMILES string of the molecule is CC(=O)CCCCCCCCC(CCCCCCCCN1C(=O)C=CC1=O)NC(=O)CCN1C(=O)C=CC1=O. The lowest BCUT2D eigenvalue weighted by atomic mass is 9.99. The second-order valence-corrected chi connectivity index (χ2v) is 10.6. The number of unbranched alkanes of at least 4 members (excludes halogenated alkanes) is 10. The lowest BCUT2D eigenvalue weighted by Crippen LogP contribution is -2.38. The Morgan fingerprint density at radius 3 is 1.49 bits per heavy atom. The lowest BCUT2D eigenvalue weighted by molar-refractivity contribution is -0.138. The van der Waals surface area contributed by atoms with Crippen molar-refractivity contribution in [1.82, 2.24) is 15.1 Å². The van der Waals surface area contributed by atoms with Crippen LogP contribution in [0, 0.1) is 0 Å². The van der Waals surface area contributed by atoms with Crippen molar-refractivity contribution in [3.63, 3.8) is 0 Å². The predicted molar refractivity (Wildman–Crippen MR) is 148 cm³/mol. The Bertz CT molecular complexity index is 890. The van der Waals surface area contributed by atoms with E-state index >= 15 is 0 Å². The summed E-state index contributed by atoms with van der Waals surface area (Å²) in [7, 11) is 0. The molecule has 9 nitrogen and oxygen atoms in total. The third-order valence-corrected chi connectivity index (χ3v) is 7.24. The van der Waals surface area contributed by atoms with Gasteiger partial charge in [0.15, 0.2) is 0 Å². The molecule has 0 spiro atoms. The van der Waals surface area contributed by atoms with Gasteiger partial charge in [-0.1, -0.05) is 64.2 Å². The van der Waals surface area contributed by atoms with Crippen LogP contribution in [0.2, 0.25) is 0 Å². The molecular weight excluding hydrogens is 498 g/mol. The number of nitrogens with zero attached hydrogens (tertiary/aromatic N) is 2. The van der Waals surface area contributed by atoms with Gasteiger partial charge in [0.2, 0.25) is 5.91 Å². The van der Waals surface area contributed by atoms with Crippen LogP contribution in [0.3, 0.4) is 0 Å². The van der Waals surface area contributed by atoms with Crippen molar-refractivity contribution in [1.29, 1.82) is 0 Å². The van der Waals surface area contributed by atoms with Crippen molar-refractivity contribution in [3.8, 4) is 0 Å². The fourth-order valence-corrected chi connectivity index (χ4v) is 4.94. The molecule has 9 heteroatoms. The van der Waals surface area contributed by atoms with Crippen molar-refractivity contribution >= 4 is 35.3 Å². The highest BCUT2D eigenvalue weighted by Gasteiger charge is 2.24. The minimum atomic E-state index is -0.372. The number of hydrogen-bond acceptors (Lipinski definition) is 6. The third kappa shape index (κ3) is 13.0. The second-order valence-electron chi connectivity index (χ2n) is 10.6. The molecular formula is C30H45N3O6. The van der Waals surface area contributed by atoms with Gasteiger partial charge in [0.05, 0.1) is 0 Å². The number of carbonyl (C=O) groups excluding carboxylic acids is 6. The molecule has 5 amide bonds. The zero-order chi connectivity index (χ0) is 28.5. The molecule has 0 aromatic heterocycles. The van der Waals surface area contributed by atoms with Gasteiger partial charge in [-0.15, -0.1) is 0 Å². The van der Waals surface area contributed by atoms with E-state index in [1.807, 2.05) is 0 Å². The van der Waals surface area contributed by atoms with Crippen LogP contribution in [0.15, 0.2) is 24.3 Å². The Morgan fingerprint density at radius 2 is 1.00 bits per heavy atom. The molecule has 2 rings (SSSR count). The normalized spacial score (nSPS) is 15.6. The summed E-state index contributed by atoms with van der Waals surface area (Å²) in [5, 5.41) is 3.12. The first-order chi connectivity index (χ1) is 18.8. The van der Waals surface area contributed by atoms with Crippen LogP contribution in [0.25, 0.3) is 0 Å². The summed E-state index contributed by atoms with van der Waals surface area (Å²) < 4.78 is 0. The van der Waals surface area contributed by atoms with Gasteiger partial charge in [-0.2, -0.15) is 0 Å². The summed E-state index contributed by atoms with van der Waals surface area (Å²) in [5.41, 5.74) is 0. The van der Waals surface area contributed by atoms with Gasteiger partial charge in [-0.05, 0) is 32.6 Å². The van der Waals surface area contributed by atoms with Gasteiger partial charge in [-0.25, -0.2) is 0 Å². The maximum absolute atomic E-state index is 12.6. The highest BCUT2D eigenvalue weighted by Crippen LogP contribution is 2.16. The van der Waals surface area contributed by atoms with Crippen molar-refractivity contribution in [2.45, 2.75) is 116 Å². The average Bonchev–Trinajstić information content (AvgIpc) is 3.39. The van der Waals surface area contributed by atoms with E-state index in [0.29, 0.717) is 13.0 Å². The van der Waals surface area contributed by atoms with E-state index in [0.717, 1.165) is 94.8 Å². The van der Waals surface area contributed by atoms with E-state index in [1.165, 1.54) is 29.2 Å². The number of rotatable bonds is 22. The monoisotopic (exact) mass is 543 g/mol. The molecule has 2 heterocycles. The van der Waals surface area contributed by atoms with Crippen molar-refractivity contribution in [2.75, 3.05) is 13.1 Å². The highest BCUT2D eigenvalue weighted by atomic mass is 16.2. The molecule has 1 N–H and O–H groups in total. The second kappa shape index (κ2) is 18.2. The van der Waals surface area contributed by atoms with E-state index in [-0.39, 0.29) is 54.3 Å². The minimum absolute atomic E-state index is 0.0676. The van der Waals surface area contributed by atoms with Gasteiger partial charge in [0.1, 0.15) is 5.78 Å². The smallest absolute Gasteiger partial charge is 0.253 e. The number of Topliss-reactive ketones (excluding diaryl/α,β-unsaturated/α-hetero) is 1. The molecule has 2 aliphatic rings. The molecule has 0 aromatic rings. The first kappa shape index (κ1) is 32.1. The fourth-order valence-electron chi connectivity index (χ4n) is 4.94. The summed E-state index contributed by atoms with van der Waals surface area (Å²) in [5.74, 6) is -1.09. The summed E-state index contributed by atoms with van der Waals surface area (Å²) in [4.78, 5) is 72.6. The van der Waals surface area contributed by atoms with Crippen LogP contribution >= 0.6 is 0 Å². The van der Waals surface area contributed by atoms with E-state index < -0.39 is 0 Å². The van der Waals surface area contributed by atoms with Crippen LogP contribution in [0.5, 0.6) is 0 Å². The summed E-state index contributed by atoms with van der Waals surface area (Å²) in [6.45, 7) is 2.19. The van der Waals surface area contributed by atoms with Crippen molar-refractivity contribution in [3.05, 3.63) is 24.3 Å². The number of amides is 5. The summed E-state index contributed by atoms with van der Waals surface area (Å²) in [6.07, 6.45) is 19.9. The quantitative estimate of drug-likeness (QED) is 0.162. The Balaban J connectivity index is 1.63. The average molecular weight is 544 g/mol. The first-order valence-corrected chi connectivity index (χ1v) is 14.6. The van der Waals surface area contributed by atoms with Gasteiger partial charge < -0.3 is 10.1 Å². The lowest BCUT2D eigenvalue weighted by Gasteiger charge is -2.20. The molecule has 0 aromatic carbocycles. The molecule has 0 radical (unpaired) electrons. The largest absolute Gasteiger partial charge is 0.353 e. The molecule has 1 unspecified atom stereocenters. The third-order valence-electron chi connectivity index (χ3n) is 7.24. The van der Waals surface area contributed by atoms with Crippen LogP contribution in [0.1, 0.15) is 110 Å². The number of carbonyl (C=O) groups is 6. The Hall–Kier alpha value is -3.10. The minimum Gasteiger partial charge on any atom is -0.353 e. The molecule has 1 atom stereocenters. The number of imide groups is 2. The Labute approximate surface area is 232 Å². The number of ketones is 1. The molecule has 39 heavy (non-hydrogen) atoms. The van der Waals surface area contributed by atoms with Crippen LogP contribution in [0.4, 0.5) is 0 Å². The van der Waals surface area contributed by atoms with E-state index in [9.17, 15) is 28.8 Å². The van der Waals surface area contributed by atoms with Gasteiger partial charge in [0, 0.05) is 56.3 Å². The van der Waals surface area contributed by atoms with E-state index in [2.05, 4.69) is 5.32 Å². The number of hydrogen-bond donors (Lipinski definition) is 1. The van der Waals surface area contributed by atoms with E-state index in [1.54, 1.807) is 6.92 Å². The van der Waals surface area contributed by atoms with Crippen LogP contribution in [-0.4, -0.2) is 64.3 Å². The standard InChI is InChI=1S/C30H45N3O6/c1-24(34)14-10-6-2-3-7-11-15-25(31-26(35)21-23-33-29(38)19-20-30(33)39)16-12-8-4-5-9-13-22-32-27(36)17-18-28(32)37/h17-20,25H,2-16,21-23H2,1H3,(H,31,35). The van der Waals surface area contributed by atoms with E-state index in [4.69, 9.17) is 0 Å². The van der Waals surface area contributed by atoms with Crippen LogP contribution in [-0.2, 0) is 28.8 Å².